The summed E-state index contributed by atoms with van der Waals surface area (Å²) < 4.78 is 5.32. The summed E-state index contributed by atoms with van der Waals surface area (Å²) in [6.45, 7) is 3.97. The molecule has 116 valence electrons. The molecule has 1 saturated carbocycles. The Labute approximate surface area is 120 Å². The maximum absolute atomic E-state index is 11.8. The van der Waals surface area contributed by atoms with Crippen LogP contribution in [0.25, 0.3) is 0 Å². The fraction of sp³-hybridized carbons (Fsp3) is 0.857. The summed E-state index contributed by atoms with van der Waals surface area (Å²) in [5.41, 5.74) is -0.561. The Bertz CT molecular complexity index is 314. The minimum Gasteiger partial charge on any atom is -0.481 e. The van der Waals surface area contributed by atoms with Crippen molar-refractivity contribution < 1.29 is 19.4 Å². The van der Waals surface area contributed by atoms with Gasteiger partial charge in [0, 0.05) is 19.8 Å². The zero-order valence-electron chi connectivity index (χ0n) is 12.2. The lowest BCUT2D eigenvalue weighted by atomic mass is 9.93. The number of hydrogen-bond donors (Lipinski definition) is 3. The molecule has 0 saturated heterocycles. The van der Waals surface area contributed by atoms with Crippen LogP contribution >= 0.6 is 0 Å². The second-order valence-electron chi connectivity index (χ2n) is 5.40. The van der Waals surface area contributed by atoms with Crippen LogP contribution in [-0.4, -0.2) is 42.4 Å². The lowest BCUT2D eigenvalue weighted by molar-refractivity contribution is -0.138. The lowest BCUT2D eigenvalue weighted by Gasteiger charge is -2.28. The fourth-order valence-corrected chi connectivity index (χ4v) is 2.59. The Hall–Kier alpha value is -1.30. The highest BCUT2D eigenvalue weighted by atomic mass is 16.5. The molecule has 1 fully saturated rings. The zero-order chi connectivity index (χ0) is 14.8. The predicted molar refractivity (Wildman–Crippen MR) is 75.7 cm³/mol. The van der Waals surface area contributed by atoms with Crippen LogP contribution in [0.5, 0.6) is 0 Å². The van der Waals surface area contributed by atoms with Gasteiger partial charge in [-0.05, 0) is 25.7 Å². The van der Waals surface area contributed by atoms with Gasteiger partial charge in [0.1, 0.15) is 0 Å². The van der Waals surface area contributed by atoms with Gasteiger partial charge in [0.05, 0.1) is 12.0 Å². The maximum Gasteiger partial charge on any atom is 0.315 e. The van der Waals surface area contributed by atoms with E-state index >= 15 is 0 Å². The van der Waals surface area contributed by atoms with Crippen LogP contribution in [0.2, 0.25) is 0 Å². The first-order valence-corrected chi connectivity index (χ1v) is 7.43. The van der Waals surface area contributed by atoms with Gasteiger partial charge in [0.15, 0.2) is 0 Å². The molecule has 0 unspecified atom stereocenters. The molecular weight excluding hydrogens is 260 g/mol. The van der Waals surface area contributed by atoms with E-state index in [2.05, 4.69) is 17.6 Å². The molecule has 2 amide bonds. The molecule has 0 heterocycles. The highest BCUT2D eigenvalue weighted by Crippen LogP contribution is 2.32. The van der Waals surface area contributed by atoms with E-state index in [1.807, 2.05) is 0 Å². The molecule has 3 N–H and O–H groups in total. The summed E-state index contributed by atoms with van der Waals surface area (Å²) in [6, 6.07) is -0.274. The molecule has 0 spiro atoms. The van der Waals surface area contributed by atoms with Crippen molar-refractivity contribution >= 4 is 12.0 Å². The van der Waals surface area contributed by atoms with Crippen molar-refractivity contribution in [3.63, 3.8) is 0 Å². The maximum atomic E-state index is 11.8. The number of aliphatic carboxylic acids is 1. The van der Waals surface area contributed by atoms with Gasteiger partial charge in [-0.2, -0.15) is 0 Å². The monoisotopic (exact) mass is 286 g/mol. The minimum atomic E-state index is -0.861. The highest BCUT2D eigenvalue weighted by Gasteiger charge is 2.37. The van der Waals surface area contributed by atoms with Crippen molar-refractivity contribution in [2.75, 3.05) is 19.8 Å². The molecule has 1 aliphatic carbocycles. The molecule has 0 aliphatic heterocycles. The van der Waals surface area contributed by atoms with E-state index in [4.69, 9.17) is 9.84 Å². The van der Waals surface area contributed by atoms with Crippen LogP contribution in [-0.2, 0) is 9.53 Å². The highest BCUT2D eigenvalue weighted by molar-refractivity contribution is 5.76. The number of rotatable bonds is 9. The van der Waals surface area contributed by atoms with E-state index in [1.165, 1.54) is 0 Å². The van der Waals surface area contributed by atoms with E-state index in [9.17, 15) is 9.59 Å². The van der Waals surface area contributed by atoms with Crippen molar-refractivity contribution in [1.82, 2.24) is 10.6 Å². The van der Waals surface area contributed by atoms with Gasteiger partial charge >= 0.3 is 12.0 Å². The van der Waals surface area contributed by atoms with E-state index in [1.54, 1.807) is 0 Å². The quantitative estimate of drug-likeness (QED) is 0.565. The largest absolute Gasteiger partial charge is 0.481 e. The van der Waals surface area contributed by atoms with Crippen molar-refractivity contribution in [3.05, 3.63) is 0 Å². The number of ether oxygens (including phenoxy) is 1. The Balaban J connectivity index is 2.23. The van der Waals surface area contributed by atoms with Crippen LogP contribution in [0, 0.1) is 0 Å². The third-order valence-corrected chi connectivity index (χ3v) is 3.53. The fourth-order valence-electron chi connectivity index (χ4n) is 2.59. The molecular formula is C14H26N2O4. The molecule has 20 heavy (non-hydrogen) atoms. The number of hydrogen-bond acceptors (Lipinski definition) is 3. The second-order valence-corrected chi connectivity index (χ2v) is 5.40. The van der Waals surface area contributed by atoms with E-state index in [-0.39, 0.29) is 12.5 Å². The summed E-state index contributed by atoms with van der Waals surface area (Å²) >= 11 is 0. The molecule has 0 bridgehead atoms. The lowest BCUT2D eigenvalue weighted by Crippen LogP contribution is -2.51. The van der Waals surface area contributed by atoms with Gasteiger partial charge in [-0.1, -0.05) is 19.8 Å². The summed E-state index contributed by atoms with van der Waals surface area (Å²) in [5, 5.41) is 14.6. The smallest absolute Gasteiger partial charge is 0.315 e. The van der Waals surface area contributed by atoms with Crippen LogP contribution < -0.4 is 10.6 Å². The normalized spacial score (nSPS) is 16.9. The molecule has 0 aromatic carbocycles. The Morgan fingerprint density at radius 1 is 1.25 bits per heavy atom. The van der Waals surface area contributed by atoms with Gasteiger partial charge < -0.3 is 20.5 Å². The van der Waals surface area contributed by atoms with Crippen LogP contribution in [0.1, 0.15) is 51.9 Å². The van der Waals surface area contributed by atoms with E-state index < -0.39 is 11.5 Å². The van der Waals surface area contributed by atoms with E-state index in [0.717, 1.165) is 45.1 Å². The molecule has 1 rings (SSSR count). The number of nitrogens with one attached hydrogen (secondary N) is 2. The Kier molecular flexibility index (Phi) is 7.36. The van der Waals surface area contributed by atoms with Gasteiger partial charge in [-0.15, -0.1) is 0 Å². The van der Waals surface area contributed by atoms with Crippen LogP contribution in [0.4, 0.5) is 4.79 Å². The minimum absolute atomic E-state index is 0.0000309. The predicted octanol–water partition coefficient (Wildman–Crippen LogP) is 1.89. The van der Waals surface area contributed by atoms with Gasteiger partial charge in [0.2, 0.25) is 0 Å². The third kappa shape index (κ3) is 6.23. The number of carbonyl (C=O) groups is 2. The van der Waals surface area contributed by atoms with Crippen molar-refractivity contribution in [1.29, 1.82) is 0 Å². The average Bonchev–Trinajstić information content (AvgIpc) is 2.80. The second kappa shape index (κ2) is 8.79. The topological polar surface area (TPSA) is 87.7 Å². The Morgan fingerprint density at radius 2 is 1.95 bits per heavy atom. The number of amides is 2. The SMILES string of the molecule is CCCOCCCNC(=O)NC1(CC(=O)O)CCCC1. The van der Waals surface area contributed by atoms with Gasteiger partial charge in [0.25, 0.3) is 0 Å². The van der Waals surface area contributed by atoms with Crippen LogP contribution in [0.15, 0.2) is 0 Å². The number of carbonyl (C=O) groups excluding carboxylic acids is 1. The number of carboxylic acids is 1. The summed E-state index contributed by atoms with van der Waals surface area (Å²) in [7, 11) is 0. The average molecular weight is 286 g/mol. The van der Waals surface area contributed by atoms with Crippen molar-refractivity contribution in [3.8, 4) is 0 Å². The molecule has 6 nitrogen and oxygen atoms in total. The molecule has 0 aromatic heterocycles. The molecule has 0 aromatic rings. The zero-order valence-corrected chi connectivity index (χ0v) is 12.2. The molecule has 1 aliphatic rings. The third-order valence-electron chi connectivity index (χ3n) is 3.53. The number of carboxylic acid groups (broad SMARTS) is 1. The van der Waals surface area contributed by atoms with E-state index in [0.29, 0.717) is 13.2 Å². The summed E-state index contributed by atoms with van der Waals surface area (Å²) in [5.74, 6) is -0.861. The first-order valence-electron chi connectivity index (χ1n) is 7.43. The standard InChI is InChI=1S/C14H26N2O4/c1-2-9-20-10-5-8-15-13(19)16-14(11-12(17)18)6-3-4-7-14/h2-11H2,1H3,(H,17,18)(H2,15,16,19). The Morgan fingerprint density at radius 3 is 2.55 bits per heavy atom. The summed E-state index contributed by atoms with van der Waals surface area (Å²) in [4.78, 5) is 22.7. The number of urea groups is 1. The summed E-state index contributed by atoms with van der Waals surface area (Å²) in [6.07, 6.45) is 5.18. The first-order chi connectivity index (χ1) is 9.58. The molecule has 0 atom stereocenters. The first kappa shape index (κ1) is 16.8. The molecule has 6 heteroatoms. The van der Waals surface area contributed by atoms with Gasteiger partial charge in [-0.3, -0.25) is 4.79 Å². The van der Waals surface area contributed by atoms with Crippen molar-refractivity contribution in [2.24, 2.45) is 0 Å². The van der Waals surface area contributed by atoms with Gasteiger partial charge in [-0.25, -0.2) is 4.79 Å². The van der Waals surface area contributed by atoms with Crippen molar-refractivity contribution in [2.45, 2.75) is 57.4 Å². The van der Waals surface area contributed by atoms with Crippen LogP contribution in [0.3, 0.4) is 0 Å². The molecule has 0 radical (unpaired) electrons.